The largest absolute Gasteiger partial charge is 0.252 e. The maximum absolute atomic E-state index is 6.51. The molecule has 0 aliphatic heterocycles. The van der Waals surface area contributed by atoms with Crippen molar-refractivity contribution in [2.75, 3.05) is 0 Å². The van der Waals surface area contributed by atoms with E-state index in [-0.39, 0.29) is 0 Å². The van der Waals surface area contributed by atoms with E-state index < -0.39 is 0 Å². The zero-order chi connectivity index (χ0) is 12.0. The van der Waals surface area contributed by atoms with Crippen LogP contribution in [0.4, 0.5) is 0 Å². The van der Waals surface area contributed by atoms with E-state index >= 15 is 0 Å². The molecule has 1 aromatic heterocycles. The zero-order valence-corrected chi connectivity index (χ0v) is 11.0. The van der Waals surface area contributed by atoms with Gasteiger partial charge in [0.25, 0.3) is 0 Å². The van der Waals surface area contributed by atoms with Crippen LogP contribution in [-0.2, 0) is 12.8 Å². The fraction of sp³-hybridized carbons (Fsp3) is 0.400. The van der Waals surface area contributed by atoms with Crippen molar-refractivity contribution >= 4 is 22.5 Å². The summed E-state index contributed by atoms with van der Waals surface area (Å²) in [6.45, 7) is 4.61. The van der Waals surface area contributed by atoms with Crippen molar-refractivity contribution in [3.63, 3.8) is 0 Å². The average Bonchev–Trinajstić information content (AvgIpc) is 2.27. The van der Waals surface area contributed by atoms with Gasteiger partial charge in [-0.15, -0.1) is 0 Å². The first-order chi connectivity index (χ1) is 8.07. The molecular formula is C15H16ClN. The van der Waals surface area contributed by atoms with Crippen LogP contribution in [0.25, 0.3) is 10.9 Å². The molecule has 0 unspecified atom stereocenters. The Hall–Kier alpha value is -1.08. The molecule has 2 aromatic rings. The molecule has 2 heteroatoms. The summed E-state index contributed by atoms with van der Waals surface area (Å²) in [6, 6.07) is 8.15. The normalized spacial score (nSPS) is 18.1. The Morgan fingerprint density at radius 3 is 2.82 bits per heavy atom. The number of halogens is 1. The summed E-state index contributed by atoms with van der Waals surface area (Å²) in [4.78, 5) is 4.79. The number of hydrogen-bond donors (Lipinski definition) is 0. The lowest BCUT2D eigenvalue weighted by Gasteiger charge is -2.31. The lowest BCUT2D eigenvalue weighted by atomic mass is 9.76. The number of hydrogen-bond acceptors (Lipinski definition) is 1. The summed E-state index contributed by atoms with van der Waals surface area (Å²) >= 11 is 6.51. The van der Waals surface area contributed by atoms with Gasteiger partial charge in [0.1, 0.15) is 0 Å². The predicted molar refractivity (Wildman–Crippen MR) is 72.6 cm³/mol. The van der Waals surface area contributed by atoms with Crippen LogP contribution < -0.4 is 0 Å². The van der Waals surface area contributed by atoms with Gasteiger partial charge in [0, 0.05) is 11.1 Å². The van der Waals surface area contributed by atoms with E-state index in [9.17, 15) is 0 Å². The van der Waals surface area contributed by atoms with Gasteiger partial charge in [-0.25, -0.2) is 0 Å². The van der Waals surface area contributed by atoms with Crippen molar-refractivity contribution in [1.29, 1.82) is 0 Å². The van der Waals surface area contributed by atoms with Gasteiger partial charge < -0.3 is 0 Å². The summed E-state index contributed by atoms with van der Waals surface area (Å²) in [5, 5.41) is 2.01. The average molecular weight is 246 g/mol. The lowest BCUT2D eigenvalue weighted by Crippen LogP contribution is -2.23. The van der Waals surface area contributed by atoms with E-state index in [0.717, 1.165) is 28.8 Å². The van der Waals surface area contributed by atoms with Crippen LogP contribution in [0.5, 0.6) is 0 Å². The van der Waals surface area contributed by atoms with Gasteiger partial charge in [0.15, 0.2) is 0 Å². The second-order valence-electron chi connectivity index (χ2n) is 5.71. The molecule has 0 saturated carbocycles. The van der Waals surface area contributed by atoms with Gasteiger partial charge in [-0.05, 0) is 36.3 Å². The summed E-state index contributed by atoms with van der Waals surface area (Å²) in [6.07, 6.45) is 3.28. The Balaban J connectivity index is 2.26. The van der Waals surface area contributed by atoms with Crippen molar-refractivity contribution in [3.8, 4) is 0 Å². The van der Waals surface area contributed by atoms with Crippen molar-refractivity contribution in [1.82, 2.24) is 4.98 Å². The Morgan fingerprint density at radius 2 is 2.00 bits per heavy atom. The standard InChI is InChI=1S/C15H16ClN/c1-15(2)8-7-11-13(9-15)17-12-6-4-3-5-10(12)14(11)16/h3-6H,7-9H2,1-2H3. The first-order valence-electron chi connectivity index (χ1n) is 6.13. The minimum Gasteiger partial charge on any atom is -0.252 e. The SMILES string of the molecule is CC1(C)CCc2c(nc3ccccc3c2Cl)C1. The van der Waals surface area contributed by atoms with Crippen LogP contribution in [-0.4, -0.2) is 4.98 Å². The molecule has 0 fully saturated rings. The summed E-state index contributed by atoms with van der Waals surface area (Å²) in [5.74, 6) is 0. The highest BCUT2D eigenvalue weighted by Gasteiger charge is 2.28. The van der Waals surface area contributed by atoms with Gasteiger partial charge in [-0.2, -0.15) is 0 Å². The highest BCUT2D eigenvalue weighted by atomic mass is 35.5. The fourth-order valence-electron chi connectivity index (χ4n) is 2.66. The van der Waals surface area contributed by atoms with E-state index in [4.69, 9.17) is 16.6 Å². The first-order valence-corrected chi connectivity index (χ1v) is 6.51. The van der Waals surface area contributed by atoms with E-state index in [2.05, 4.69) is 19.9 Å². The Labute approximate surface area is 107 Å². The van der Waals surface area contributed by atoms with Crippen LogP contribution in [0, 0.1) is 5.41 Å². The van der Waals surface area contributed by atoms with E-state index in [0.29, 0.717) is 5.41 Å². The molecule has 1 aliphatic carbocycles. The molecule has 0 radical (unpaired) electrons. The number of nitrogens with zero attached hydrogens (tertiary/aromatic N) is 1. The highest BCUT2D eigenvalue weighted by molar-refractivity contribution is 6.36. The maximum Gasteiger partial charge on any atom is 0.0720 e. The molecule has 0 atom stereocenters. The molecule has 1 nitrogen and oxygen atoms in total. The molecule has 17 heavy (non-hydrogen) atoms. The quantitative estimate of drug-likeness (QED) is 0.670. The van der Waals surface area contributed by atoms with Gasteiger partial charge in [-0.3, -0.25) is 4.98 Å². The second kappa shape index (κ2) is 3.71. The lowest BCUT2D eigenvalue weighted by molar-refractivity contribution is 0.311. The van der Waals surface area contributed by atoms with Gasteiger partial charge in [0.05, 0.1) is 10.5 Å². The van der Waals surface area contributed by atoms with Gasteiger partial charge in [0.2, 0.25) is 0 Å². The Kier molecular flexibility index (Phi) is 2.41. The van der Waals surface area contributed by atoms with Crippen LogP contribution in [0.3, 0.4) is 0 Å². The molecule has 1 aliphatic rings. The fourth-order valence-corrected chi connectivity index (χ4v) is 3.03. The number of aromatic nitrogens is 1. The molecule has 0 N–H and O–H groups in total. The van der Waals surface area contributed by atoms with E-state index in [1.807, 2.05) is 18.2 Å². The molecule has 3 rings (SSSR count). The summed E-state index contributed by atoms with van der Waals surface area (Å²) in [7, 11) is 0. The number of pyridine rings is 1. The van der Waals surface area contributed by atoms with Crippen LogP contribution in [0.2, 0.25) is 5.02 Å². The van der Waals surface area contributed by atoms with E-state index in [1.54, 1.807) is 0 Å². The molecule has 1 aromatic carbocycles. The third kappa shape index (κ3) is 1.83. The third-order valence-electron chi connectivity index (χ3n) is 3.71. The Morgan fingerprint density at radius 1 is 1.24 bits per heavy atom. The molecule has 0 bridgehead atoms. The summed E-state index contributed by atoms with van der Waals surface area (Å²) < 4.78 is 0. The third-order valence-corrected chi connectivity index (χ3v) is 4.14. The van der Waals surface area contributed by atoms with Crippen LogP contribution in [0.1, 0.15) is 31.5 Å². The molecule has 0 amide bonds. The minimum absolute atomic E-state index is 0.353. The molecule has 0 saturated heterocycles. The summed E-state index contributed by atoms with van der Waals surface area (Å²) in [5.41, 5.74) is 3.84. The number of fused-ring (bicyclic) bond motifs is 2. The first kappa shape index (κ1) is 11.0. The number of benzene rings is 1. The van der Waals surface area contributed by atoms with Crippen LogP contribution >= 0.6 is 11.6 Å². The van der Waals surface area contributed by atoms with Gasteiger partial charge >= 0.3 is 0 Å². The van der Waals surface area contributed by atoms with Crippen molar-refractivity contribution < 1.29 is 0 Å². The predicted octanol–water partition coefficient (Wildman–Crippen LogP) is 4.40. The molecule has 88 valence electrons. The highest BCUT2D eigenvalue weighted by Crippen LogP contribution is 2.39. The minimum atomic E-state index is 0.353. The second-order valence-corrected chi connectivity index (χ2v) is 6.09. The topological polar surface area (TPSA) is 12.9 Å². The van der Waals surface area contributed by atoms with Crippen molar-refractivity contribution in [3.05, 3.63) is 40.5 Å². The van der Waals surface area contributed by atoms with Crippen LogP contribution in [0.15, 0.2) is 24.3 Å². The number of rotatable bonds is 0. The Bertz CT molecular complexity index is 587. The molecular weight excluding hydrogens is 230 g/mol. The van der Waals surface area contributed by atoms with Crippen molar-refractivity contribution in [2.24, 2.45) is 5.41 Å². The molecule has 0 spiro atoms. The van der Waals surface area contributed by atoms with Gasteiger partial charge in [-0.1, -0.05) is 43.6 Å². The molecule has 1 heterocycles. The zero-order valence-electron chi connectivity index (χ0n) is 10.3. The number of para-hydroxylation sites is 1. The monoisotopic (exact) mass is 245 g/mol. The smallest absolute Gasteiger partial charge is 0.0720 e. The van der Waals surface area contributed by atoms with Crippen molar-refractivity contribution in [2.45, 2.75) is 33.1 Å². The maximum atomic E-state index is 6.51. The van der Waals surface area contributed by atoms with E-state index in [1.165, 1.54) is 17.7 Å².